The van der Waals surface area contributed by atoms with E-state index >= 15 is 0 Å². The topological polar surface area (TPSA) is 59.6 Å². The van der Waals surface area contributed by atoms with Crippen LogP contribution in [0.2, 0.25) is 0 Å². The lowest BCUT2D eigenvalue weighted by atomic mass is 10.3. The first-order valence-electron chi connectivity index (χ1n) is 5.47. The Morgan fingerprint density at radius 3 is 2.80 bits per heavy atom. The predicted octanol–water partition coefficient (Wildman–Crippen LogP) is 0.213. The maximum absolute atomic E-state index is 11.2. The predicted molar refractivity (Wildman–Crippen MR) is 56.2 cm³/mol. The number of hydroxylamine groups is 1. The molecule has 1 rings (SSSR count). The van der Waals surface area contributed by atoms with Gasteiger partial charge in [-0.2, -0.15) is 0 Å². The molecule has 0 bridgehead atoms. The highest BCUT2D eigenvalue weighted by Gasteiger charge is 2.16. The van der Waals surface area contributed by atoms with Gasteiger partial charge in [-0.05, 0) is 12.8 Å². The van der Waals surface area contributed by atoms with Gasteiger partial charge in [0.05, 0.1) is 19.3 Å². The second kappa shape index (κ2) is 7.62. The fourth-order valence-corrected chi connectivity index (χ4v) is 1.57. The quantitative estimate of drug-likeness (QED) is 0.472. The van der Waals surface area contributed by atoms with Gasteiger partial charge in [-0.3, -0.25) is 9.63 Å². The van der Waals surface area contributed by atoms with Gasteiger partial charge in [0.25, 0.3) is 5.91 Å². The van der Waals surface area contributed by atoms with Crippen LogP contribution in [0.4, 0.5) is 0 Å². The van der Waals surface area contributed by atoms with Crippen LogP contribution in [0, 0.1) is 0 Å². The normalized spacial score (nSPS) is 16.9. The van der Waals surface area contributed by atoms with Gasteiger partial charge < -0.3 is 10.1 Å². The van der Waals surface area contributed by atoms with Gasteiger partial charge in [0.2, 0.25) is 0 Å². The van der Waals surface area contributed by atoms with E-state index in [2.05, 4.69) is 10.8 Å². The summed E-state index contributed by atoms with van der Waals surface area (Å²) in [6, 6.07) is 0. The molecule has 0 spiro atoms. The molecule has 1 aliphatic carbocycles. The minimum Gasteiger partial charge on any atom is -0.383 e. The molecule has 2 N–H and O–H groups in total. The Hall–Kier alpha value is -0.650. The summed E-state index contributed by atoms with van der Waals surface area (Å²) in [6.45, 7) is 1.56. The van der Waals surface area contributed by atoms with Crippen LogP contribution in [0.15, 0.2) is 0 Å². The number of ether oxygens (including phenoxy) is 1. The molecular weight excluding hydrogens is 196 g/mol. The molecule has 0 aromatic heterocycles. The van der Waals surface area contributed by atoms with Gasteiger partial charge in [0, 0.05) is 13.7 Å². The molecule has 5 heteroatoms. The van der Waals surface area contributed by atoms with Gasteiger partial charge in [0.15, 0.2) is 0 Å². The molecule has 0 radical (unpaired) electrons. The van der Waals surface area contributed by atoms with Gasteiger partial charge in [-0.1, -0.05) is 12.8 Å². The van der Waals surface area contributed by atoms with Crippen molar-refractivity contribution in [3.8, 4) is 0 Å². The van der Waals surface area contributed by atoms with E-state index in [1.165, 1.54) is 12.8 Å². The first-order valence-corrected chi connectivity index (χ1v) is 5.47. The Balaban J connectivity index is 1.93. The van der Waals surface area contributed by atoms with E-state index in [1.807, 2.05) is 0 Å². The third-order valence-corrected chi connectivity index (χ3v) is 2.41. The summed E-state index contributed by atoms with van der Waals surface area (Å²) >= 11 is 0. The first-order chi connectivity index (χ1) is 7.33. The van der Waals surface area contributed by atoms with E-state index in [4.69, 9.17) is 9.57 Å². The fraction of sp³-hybridized carbons (Fsp3) is 0.900. The molecule has 0 unspecified atom stereocenters. The maximum Gasteiger partial charge on any atom is 0.257 e. The summed E-state index contributed by atoms with van der Waals surface area (Å²) in [6.07, 6.45) is 4.72. The van der Waals surface area contributed by atoms with Crippen LogP contribution < -0.4 is 10.8 Å². The largest absolute Gasteiger partial charge is 0.383 e. The molecule has 1 fully saturated rings. The van der Waals surface area contributed by atoms with Crippen molar-refractivity contribution in [3.05, 3.63) is 0 Å². The average Bonchev–Trinajstić information content (AvgIpc) is 2.74. The van der Waals surface area contributed by atoms with Gasteiger partial charge in [-0.15, -0.1) is 0 Å². The standard InChI is InChI=1S/C10H20N2O3/c1-14-7-6-11-8-10(13)12-15-9-4-2-3-5-9/h9,11H,2-8H2,1H3,(H,12,13). The summed E-state index contributed by atoms with van der Waals surface area (Å²) in [5.74, 6) is -0.127. The Kier molecular flexibility index (Phi) is 6.31. The average molecular weight is 216 g/mol. The highest BCUT2D eigenvalue weighted by Crippen LogP contribution is 2.19. The van der Waals surface area contributed by atoms with Crippen molar-refractivity contribution in [1.82, 2.24) is 10.8 Å². The molecule has 0 heterocycles. The van der Waals surface area contributed by atoms with E-state index in [0.29, 0.717) is 13.2 Å². The highest BCUT2D eigenvalue weighted by molar-refractivity contribution is 5.76. The van der Waals surface area contributed by atoms with Crippen LogP contribution in [0.3, 0.4) is 0 Å². The molecule has 0 atom stereocenters. The minimum absolute atomic E-state index is 0.127. The second-order valence-corrected chi connectivity index (χ2v) is 3.72. The molecule has 0 saturated heterocycles. The van der Waals surface area contributed by atoms with Crippen molar-refractivity contribution in [1.29, 1.82) is 0 Å². The third-order valence-electron chi connectivity index (χ3n) is 2.41. The second-order valence-electron chi connectivity index (χ2n) is 3.72. The van der Waals surface area contributed by atoms with Crippen molar-refractivity contribution >= 4 is 5.91 Å². The zero-order valence-corrected chi connectivity index (χ0v) is 9.25. The van der Waals surface area contributed by atoms with E-state index < -0.39 is 0 Å². The number of carbonyl (C=O) groups excluding carboxylic acids is 1. The van der Waals surface area contributed by atoms with E-state index in [1.54, 1.807) is 7.11 Å². The lowest BCUT2D eigenvalue weighted by Crippen LogP contribution is -2.36. The van der Waals surface area contributed by atoms with Crippen molar-refractivity contribution < 1.29 is 14.4 Å². The molecule has 15 heavy (non-hydrogen) atoms. The van der Waals surface area contributed by atoms with E-state index in [-0.39, 0.29) is 18.6 Å². The van der Waals surface area contributed by atoms with Crippen molar-refractivity contribution in [2.45, 2.75) is 31.8 Å². The molecule has 88 valence electrons. The van der Waals surface area contributed by atoms with E-state index in [0.717, 1.165) is 12.8 Å². The Morgan fingerprint density at radius 2 is 2.13 bits per heavy atom. The molecule has 0 aliphatic heterocycles. The number of hydrogen-bond donors (Lipinski definition) is 2. The van der Waals surface area contributed by atoms with Gasteiger partial charge in [-0.25, -0.2) is 5.48 Å². The summed E-state index contributed by atoms with van der Waals surface area (Å²) < 4.78 is 4.84. The Labute approximate surface area is 90.5 Å². The molecular formula is C10H20N2O3. The number of hydrogen-bond acceptors (Lipinski definition) is 4. The van der Waals surface area contributed by atoms with Gasteiger partial charge in [0.1, 0.15) is 0 Å². The zero-order valence-electron chi connectivity index (χ0n) is 9.25. The summed E-state index contributed by atoms with van der Waals surface area (Å²) in [5.41, 5.74) is 2.46. The minimum atomic E-state index is -0.127. The first kappa shape index (κ1) is 12.4. The number of rotatable bonds is 7. The molecule has 1 amide bonds. The van der Waals surface area contributed by atoms with Crippen LogP contribution in [0.25, 0.3) is 0 Å². The molecule has 1 saturated carbocycles. The Bertz CT molecular complexity index is 182. The number of amides is 1. The zero-order chi connectivity index (χ0) is 10.9. The van der Waals surface area contributed by atoms with Crippen LogP contribution in [-0.2, 0) is 14.4 Å². The van der Waals surface area contributed by atoms with Crippen LogP contribution in [0.5, 0.6) is 0 Å². The molecule has 1 aliphatic rings. The number of nitrogens with one attached hydrogen (secondary N) is 2. The highest BCUT2D eigenvalue weighted by atomic mass is 16.7. The number of carbonyl (C=O) groups is 1. The molecule has 5 nitrogen and oxygen atoms in total. The number of methoxy groups -OCH3 is 1. The fourth-order valence-electron chi connectivity index (χ4n) is 1.57. The lowest BCUT2D eigenvalue weighted by molar-refractivity contribution is -0.137. The van der Waals surface area contributed by atoms with Crippen molar-refractivity contribution in [3.63, 3.8) is 0 Å². The molecule has 0 aromatic carbocycles. The SMILES string of the molecule is COCCNCC(=O)NOC1CCCC1. The summed E-state index contributed by atoms with van der Waals surface area (Å²) in [5, 5.41) is 2.94. The van der Waals surface area contributed by atoms with Crippen molar-refractivity contribution in [2.75, 3.05) is 26.8 Å². The smallest absolute Gasteiger partial charge is 0.257 e. The Morgan fingerprint density at radius 1 is 1.40 bits per heavy atom. The van der Waals surface area contributed by atoms with Crippen LogP contribution in [-0.4, -0.2) is 38.8 Å². The molecule has 0 aromatic rings. The monoisotopic (exact) mass is 216 g/mol. The maximum atomic E-state index is 11.2. The van der Waals surface area contributed by atoms with E-state index in [9.17, 15) is 4.79 Å². The van der Waals surface area contributed by atoms with Gasteiger partial charge >= 0.3 is 0 Å². The van der Waals surface area contributed by atoms with Crippen LogP contribution >= 0.6 is 0 Å². The lowest BCUT2D eigenvalue weighted by Gasteiger charge is -2.11. The third kappa shape index (κ3) is 5.71. The van der Waals surface area contributed by atoms with Crippen molar-refractivity contribution in [2.24, 2.45) is 0 Å². The summed E-state index contributed by atoms with van der Waals surface area (Å²) in [4.78, 5) is 16.5. The van der Waals surface area contributed by atoms with Crippen LogP contribution in [0.1, 0.15) is 25.7 Å². The summed E-state index contributed by atoms with van der Waals surface area (Å²) in [7, 11) is 1.63.